The normalized spacial score (nSPS) is 26.5. The minimum Gasteiger partial charge on any atom is -0.311 e. The van der Waals surface area contributed by atoms with E-state index in [0.717, 1.165) is 16.9 Å². The van der Waals surface area contributed by atoms with Crippen LogP contribution in [0.5, 0.6) is 0 Å². The van der Waals surface area contributed by atoms with Crippen LogP contribution in [0.2, 0.25) is 0 Å². The van der Waals surface area contributed by atoms with Gasteiger partial charge in [-0.2, -0.15) is 0 Å². The summed E-state index contributed by atoms with van der Waals surface area (Å²) in [5, 5.41) is 3.74. The lowest BCUT2D eigenvalue weighted by Crippen LogP contribution is -2.54. The van der Waals surface area contributed by atoms with Gasteiger partial charge in [0.1, 0.15) is 0 Å². The highest BCUT2D eigenvalue weighted by Gasteiger charge is 2.49. The van der Waals surface area contributed by atoms with E-state index < -0.39 is 0 Å². The van der Waals surface area contributed by atoms with Crippen LogP contribution < -0.4 is 5.32 Å². The van der Waals surface area contributed by atoms with Crippen molar-refractivity contribution in [3.8, 4) is 0 Å². The predicted octanol–water partition coefficient (Wildman–Crippen LogP) is 5.53. The van der Waals surface area contributed by atoms with Crippen LogP contribution in [0.3, 0.4) is 0 Å². The zero-order chi connectivity index (χ0) is 15.9. The van der Waals surface area contributed by atoms with Gasteiger partial charge in [-0.15, -0.1) is 0 Å². The van der Waals surface area contributed by atoms with Crippen molar-refractivity contribution in [1.29, 1.82) is 0 Å². The highest BCUT2D eigenvalue weighted by Crippen LogP contribution is 2.54. The van der Waals surface area contributed by atoms with Gasteiger partial charge in [0.2, 0.25) is 0 Å². The molecule has 21 heavy (non-hydrogen) atoms. The van der Waals surface area contributed by atoms with E-state index in [2.05, 4.69) is 87.1 Å². The van der Waals surface area contributed by atoms with E-state index in [4.69, 9.17) is 0 Å². The molecule has 0 unspecified atom stereocenters. The van der Waals surface area contributed by atoms with Crippen molar-refractivity contribution in [3.63, 3.8) is 0 Å². The quantitative estimate of drug-likeness (QED) is 0.754. The molecule has 1 saturated carbocycles. The van der Waals surface area contributed by atoms with Crippen LogP contribution in [-0.4, -0.2) is 12.1 Å². The molecule has 0 saturated heterocycles. The Morgan fingerprint density at radius 1 is 1.05 bits per heavy atom. The van der Waals surface area contributed by atoms with E-state index in [9.17, 15) is 0 Å². The lowest BCUT2D eigenvalue weighted by molar-refractivity contribution is 0.0410. The van der Waals surface area contributed by atoms with Crippen molar-refractivity contribution in [2.45, 2.75) is 65.3 Å². The van der Waals surface area contributed by atoms with Crippen molar-refractivity contribution >= 4 is 15.9 Å². The molecule has 0 atom stereocenters. The molecule has 118 valence electrons. The Kier molecular flexibility index (Phi) is 4.62. The Bertz CT molecular complexity index is 464. The lowest BCUT2D eigenvalue weighted by Gasteiger charge is -2.54. The third-order valence-corrected chi connectivity index (χ3v) is 5.44. The summed E-state index contributed by atoms with van der Waals surface area (Å²) in [6, 6.07) is 8.96. The number of nitrogens with one attached hydrogen (secondary N) is 1. The van der Waals surface area contributed by atoms with Crippen LogP contribution in [0.4, 0.5) is 0 Å². The molecule has 1 N–H and O–H groups in total. The van der Waals surface area contributed by atoms with Crippen molar-refractivity contribution in [2.24, 2.45) is 11.3 Å². The van der Waals surface area contributed by atoms with E-state index in [-0.39, 0.29) is 5.54 Å². The SMILES string of the molecule is CC(C)(C)NCC1(c2ccc(Br)cc2)CC(C(C)(C)C)C1. The Morgan fingerprint density at radius 3 is 2.00 bits per heavy atom. The van der Waals surface area contributed by atoms with Crippen LogP contribution >= 0.6 is 15.9 Å². The van der Waals surface area contributed by atoms with Crippen LogP contribution in [0.15, 0.2) is 28.7 Å². The Morgan fingerprint density at radius 2 is 1.57 bits per heavy atom. The monoisotopic (exact) mass is 351 g/mol. The molecule has 1 aliphatic carbocycles. The third kappa shape index (κ3) is 4.10. The lowest BCUT2D eigenvalue weighted by atomic mass is 9.52. The van der Waals surface area contributed by atoms with Gasteiger partial charge >= 0.3 is 0 Å². The zero-order valence-corrected chi connectivity index (χ0v) is 16.0. The average molecular weight is 352 g/mol. The summed E-state index contributed by atoms with van der Waals surface area (Å²) in [7, 11) is 0. The summed E-state index contributed by atoms with van der Waals surface area (Å²) in [4.78, 5) is 0. The van der Waals surface area contributed by atoms with Gasteiger partial charge in [-0.1, -0.05) is 48.8 Å². The molecule has 1 aliphatic rings. The molecule has 1 fully saturated rings. The fourth-order valence-electron chi connectivity index (χ4n) is 3.22. The Hall–Kier alpha value is -0.340. The molecule has 0 radical (unpaired) electrons. The topological polar surface area (TPSA) is 12.0 Å². The molecular weight excluding hydrogens is 322 g/mol. The van der Waals surface area contributed by atoms with Gasteiger partial charge in [-0.05, 0) is 62.6 Å². The molecule has 1 aromatic rings. The van der Waals surface area contributed by atoms with Gasteiger partial charge in [-0.3, -0.25) is 0 Å². The molecule has 0 aromatic heterocycles. The maximum absolute atomic E-state index is 3.74. The maximum Gasteiger partial charge on any atom is 0.0175 e. The third-order valence-electron chi connectivity index (χ3n) is 4.91. The summed E-state index contributed by atoms with van der Waals surface area (Å²) in [5.41, 5.74) is 2.39. The molecule has 1 nitrogen and oxygen atoms in total. The van der Waals surface area contributed by atoms with Gasteiger partial charge in [0.15, 0.2) is 0 Å². The van der Waals surface area contributed by atoms with Crippen LogP contribution in [0, 0.1) is 11.3 Å². The van der Waals surface area contributed by atoms with Crippen molar-refractivity contribution in [3.05, 3.63) is 34.3 Å². The first kappa shape index (κ1) is 17.0. The molecular formula is C19H30BrN. The number of hydrogen-bond acceptors (Lipinski definition) is 1. The molecule has 0 aliphatic heterocycles. The standard InChI is InChI=1S/C19H30BrN/c1-17(2,3)15-11-19(12-15,13-21-18(4,5)6)14-7-9-16(20)10-8-14/h7-10,15,21H,11-13H2,1-6H3. The highest BCUT2D eigenvalue weighted by atomic mass is 79.9. The highest BCUT2D eigenvalue weighted by molar-refractivity contribution is 9.10. The largest absolute Gasteiger partial charge is 0.311 e. The summed E-state index contributed by atoms with van der Waals surface area (Å²) in [6.45, 7) is 15.0. The first-order chi connectivity index (χ1) is 9.52. The summed E-state index contributed by atoms with van der Waals surface area (Å²) in [6.07, 6.45) is 2.59. The fraction of sp³-hybridized carbons (Fsp3) is 0.684. The fourth-order valence-corrected chi connectivity index (χ4v) is 3.48. The minimum atomic E-state index is 0.176. The number of halogens is 1. The molecule has 0 amide bonds. The van der Waals surface area contributed by atoms with E-state index in [1.165, 1.54) is 18.4 Å². The number of rotatable bonds is 3. The second kappa shape index (κ2) is 5.70. The van der Waals surface area contributed by atoms with Gasteiger partial charge in [0, 0.05) is 22.0 Å². The Labute approximate surface area is 139 Å². The van der Waals surface area contributed by atoms with Crippen molar-refractivity contribution in [2.75, 3.05) is 6.54 Å². The van der Waals surface area contributed by atoms with Crippen molar-refractivity contribution in [1.82, 2.24) is 5.32 Å². The molecule has 2 heteroatoms. The van der Waals surface area contributed by atoms with E-state index in [0.29, 0.717) is 10.8 Å². The molecule has 0 heterocycles. The second-order valence-electron chi connectivity index (χ2n) is 8.86. The summed E-state index contributed by atoms with van der Waals surface area (Å²) < 4.78 is 1.16. The molecule has 0 bridgehead atoms. The van der Waals surface area contributed by atoms with Gasteiger partial charge < -0.3 is 5.32 Å². The number of benzene rings is 1. The van der Waals surface area contributed by atoms with Crippen LogP contribution in [0.1, 0.15) is 59.9 Å². The van der Waals surface area contributed by atoms with E-state index in [1.807, 2.05) is 0 Å². The summed E-state index contributed by atoms with van der Waals surface area (Å²) >= 11 is 3.55. The smallest absolute Gasteiger partial charge is 0.0175 e. The maximum atomic E-state index is 3.74. The van der Waals surface area contributed by atoms with Gasteiger partial charge in [-0.25, -0.2) is 0 Å². The predicted molar refractivity (Wildman–Crippen MR) is 95.8 cm³/mol. The second-order valence-corrected chi connectivity index (χ2v) is 9.78. The average Bonchev–Trinajstić information content (AvgIpc) is 2.26. The van der Waals surface area contributed by atoms with Crippen molar-refractivity contribution < 1.29 is 0 Å². The van der Waals surface area contributed by atoms with E-state index in [1.54, 1.807) is 0 Å². The van der Waals surface area contributed by atoms with Gasteiger partial charge in [0.25, 0.3) is 0 Å². The summed E-state index contributed by atoms with van der Waals surface area (Å²) in [5.74, 6) is 0.822. The Balaban J connectivity index is 2.19. The first-order valence-corrected chi connectivity index (χ1v) is 8.82. The van der Waals surface area contributed by atoms with Crippen LogP contribution in [-0.2, 0) is 5.41 Å². The van der Waals surface area contributed by atoms with Gasteiger partial charge in [0.05, 0.1) is 0 Å². The number of hydrogen-bond donors (Lipinski definition) is 1. The first-order valence-electron chi connectivity index (χ1n) is 8.03. The molecule has 1 aromatic carbocycles. The minimum absolute atomic E-state index is 0.176. The molecule has 0 spiro atoms. The van der Waals surface area contributed by atoms with Crippen LogP contribution in [0.25, 0.3) is 0 Å². The van der Waals surface area contributed by atoms with E-state index >= 15 is 0 Å². The molecule has 2 rings (SSSR count). The zero-order valence-electron chi connectivity index (χ0n) is 14.4.